The number of allylic oxidation sites excluding steroid dienone is 3. The van der Waals surface area contributed by atoms with Gasteiger partial charge in [0.25, 0.3) is 0 Å². The predicted molar refractivity (Wildman–Crippen MR) is 135 cm³/mol. The van der Waals surface area contributed by atoms with Gasteiger partial charge >= 0.3 is 0 Å². The third-order valence-electron chi connectivity index (χ3n) is 8.65. The van der Waals surface area contributed by atoms with Crippen molar-refractivity contribution in [3.8, 4) is 0 Å². The first kappa shape index (κ1) is 27.4. The minimum absolute atomic E-state index is 0.182. The summed E-state index contributed by atoms with van der Waals surface area (Å²) in [5.74, 6) is 2.46. The Labute approximate surface area is 199 Å². The summed E-state index contributed by atoms with van der Waals surface area (Å²) in [7, 11) is 0. The van der Waals surface area contributed by atoms with Crippen molar-refractivity contribution in [1.82, 2.24) is 0 Å². The van der Waals surface area contributed by atoms with E-state index in [0.29, 0.717) is 23.2 Å². The molecule has 3 unspecified atom stereocenters. The predicted octanol–water partition coefficient (Wildman–Crippen LogP) is 8.04. The van der Waals surface area contributed by atoms with Crippen LogP contribution >= 0.6 is 0 Å². The van der Waals surface area contributed by atoms with E-state index in [0.717, 1.165) is 12.2 Å². The monoisotopic (exact) mass is 448 g/mol. The van der Waals surface area contributed by atoms with Crippen LogP contribution in [0.2, 0.25) is 0 Å². The molecule has 0 aromatic heterocycles. The summed E-state index contributed by atoms with van der Waals surface area (Å²) in [5.41, 5.74) is 0.295. The van der Waals surface area contributed by atoms with Crippen LogP contribution in [0.25, 0.3) is 0 Å². The van der Waals surface area contributed by atoms with Gasteiger partial charge in [0.05, 0.1) is 5.60 Å². The van der Waals surface area contributed by atoms with Crippen LogP contribution in [0.3, 0.4) is 0 Å². The van der Waals surface area contributed by atoms with Crippen molar-refractivity contribution in [2.45, 2.75) is 125 Å². The molecule has 0 aliphatic heterocycles. The van der Waals surface area contributed by atoms with Gasteiger partial charge < -0.3 is 14.6 Å². The number of ether oxygens (including phenoxy) is 2. The lowest BCUT2D eigenvalue weighted by atomic mass is 9.62. The van der Waals surface area contributed by atoms with E-state index < -0.39 is 6.29 Å². The molecule has 0 spiro atoms. The zero-order valence-corrected chi connectivity index (χ0v) is 22.4. The zero-order valence-electron chi connectivity index (χ0n) is 22.4. The Kier molecular flexibility index (Phi) is 9.91. The Bertz CT molecular complexity index is 622. The lowest BCUT2D eigenvalue weighted by Crippen LogP contribution is -2.40. The van der Waals surface area contributed by atoms with Gasteiger partial charge in [0.1, 0.15) is 12.4 Å². The molecule has 0 saturated heterocycles. The van der Waals surface area contributed by atoms with Gasteiger partial charge in [0.15, 0.2) is 6.29 Å². The molecule has 3 atom stereocenters. The highest BCUT2D eigenvalue weighted by atomic mass is 16.6. The molecule has 186 valence electrons. The van der Waals surface area contributed by atoms with Crippen LogP contribution in [-0.4, -0.2) is 23.6 Å². The number of aliphatic hydroxyl groups is 1. The van der Waals surface area contributed by atoms with Crippen molar-refractivity contribution in [3.63, 3.8) is 0 Å². The molecule has 2 aliphatic rings. The largest absolute Gasteiger partial charge is 0.489 e. The fourth-order valence-corrected chi connectivity index (χ4v) is 5.51. The maximum atomic E-state index is 10.6. The van der Waals surface area contributed by atoms with E-state index in [2.05, 4.69) is 73.6 Å². The Morgan fingerprint density at radius 2 is 1.66 bits per heavy atom. The molecule has 1 N–H and O–H groups in total. The van der Waals surface area contributed by atoms with E-state index in [4.69, 9.17) is 9.47 Å². The van der Waals surface area contributed by atoms with Crippen molar-refractivity contribution in [2.75, 3.05) is 6.61 Å². The second-order valence-corrected chi connectivity index (χ2v) is 12.4. The van der Waals surface area contributed by atoms with E-state index in [1.807, 2.05) is 0 Å². The fraction of sp³-hybridized carbons (Fsp3) is 0.862. The third-order valence-corrected chi connectivity index (χ3v) is 8.65. The molecule has 3 nitrogen and oxygen atoms in total. The molecule has 1 fully saturated rings. The summed E-state index contributed by atoms with van der Waals surface area (Å²) < 4.78 is 12.1. The van der Waals surface area contributed by atoms with E-state index >= 15 is 0 Å². The quantitative estimate of drug-likeness (QED) is 0.307. The first-order chi connectivity index (χ1) is 14.9. The average molecular weight is 449 g/mol. The van der Waals surface area contributed by atoms with Crippen molar-refractivity contribution in [2.24, 2.45) is 28.6 Å². The maximum absolute atomic E-state index is 10.6. The number of aliphatic hydroxyl groups excluding tert-OH is 1. The summed E-state index contributed by atoms with van der Waals surface area (Å²) in [6.07, 6.45) is 16.6. The molecule has 0 radical (unpaired) electrons. The molecule has 2 rings (SSSR count). The van der Waals surface area contributed by atoms with Gasteiger partial charge in [-0.1, -0.05) is 79.7 Å². The Morgan fingerprint density at radius 1 is 1.00 bits per heavy atom. The highest BCUT2D eigenvalue weighted by Crippen LogP contribution is 2.46. The molecule has 2 aliphatic carbocycles. The second-order valence-electron chi connectivity index (χ2n) is 12.4. The van der Waals surface area contributed by atoms with Crippen molar-refractivity contribution in [1.29, 1.82) is 0 Å². The topological polar surface area (TPSA) is 38.7 Å². The molecule has 0 amide bonds. The summed E-state index contributed by atoms with van der Waals surface area (Å²) in [6.45, 7) is 18.7. The number of rotatable bonds is 12. The average Bonchev–Trinajstić information content (AvgIpc) is 2.76. The third kappa shape index (κ3) is 7.90. The normalized spacial score (nSPS) is 23.0. The van der Waals surface area contributed by atoms with Crippen LogP contribution in [0, 0.1) is 28.6 Å². The first-order valence-electron chi connectivity index (χ1n) is 13.3. The second kappa shape index (κ2) is 11.6. The minimum Gasteiger partial charge on any atom is -0.489 e. The van der Waals surface area contributed by atoms with Gasteiger partial charge in [-0.05, 0) is 80.3 Å². The van der Waals surface area contributed by atoms with Crippen molar-refractivity contribution < 1.29 is 14.6 Å². The standard InChI is InChI=1S/C29H52O3/c1-9-27(3,4)20-25(28(5,6)10-2)22-15-14-18-24(19-22)31-21-26(30)32-29(7,8)23-16-12-11-13-17-23/h14,18-19,22-23,25-26,30H,9-13,15-17,20-21H2,1-8H3. The maximum Gasteiger partial charge on any atom is 0.189 e. The molecular formula is C29H52O3. The molecule has 3 heteroatoms. The highest BCUT2D eigenvalue weighted by molar-refractivity contribution is 5.20. The van der Waals surface area contributed by atoms with Crippen LogP contribution in [0.5, 0.6) is 0 Å². The molecular weight excluding hydrogens is 396 g/mol. The molecule has 32 heavy (non-hydrogen) atoms. The van der Waals surface area contributed by atoms with Gasteiger partial charge in [-0.3, -0.25) is 0 Å². The zero-order chi connectivity index (χ0) is 24.0. The number of hydrogen-bond donors (Lipinski definition) is 1. The van der Waals surface area contributed by atoms with Gasteiger partial charge in [-0.15, -0.1) is 0 Å². The highest BCUT2D eigenvalue weighted by Gasteiger charge is 2.37. The van der Waals surface area contributed by atoms with Crippen molar-refractivity contribution >= 4 is 0 Å². The molecule has 1 saturated carbocycles. The van der Waals surface area contributed by atoms with Gasteiger partial charge in [-0.25, -0.2) is 0 Å². The van der Waals surface area contributed by atoms with Crippen molar-refractivity contribution in [3.05, 3.63) is 24.0 Å². The lowest BCUT2D eigenvalue weighted by molar-refractivity contribution is -0.210. The van der Waals surface area contributed by atoms with E-state index in [1.54, 1.807) is 0 Å². The Hall–Kier alpha value is -0.800. The SMILES string of the molecule is CCC(C)(C)CC(C1C=C(OCC(O)OC(C)(C)C2CCCCC2)C=CC1)C(C)(C)CC. The van der Waals surface area contributed by atoms with E-state index in [1.165, 1.54) is 51.4 Å². The first-order valence-corrected chi connectivity index (χ1v) is 13.3. The van der Waals surface area contributed by atoms with Gasteiger partial charge in [0.2, 0.25) is 0 Å². The minimum atomic E-state index is -0.900. The van der Waals surface area contributed by atoms with E-state index in [9.17, 15) is 5.11 Å². The summed E-state index contributed by atoms with van der Waals surface area (Å²) >= 11 is 0. The fourth-order valence-electron chi connectivity index (χ4n) is 5.51. The number of hydrogen-bond acceptors (Lipinski definition) is 3. The van der Waals surface area contributed by atoms with Crippen LogP contribution in [0.15, 0.2) is 24.0 Å². The van der Waals surface area contributed by atoms with Crippen LogP contribution in [0.4, 0.5) is 0 Å². The van der Waals surface area contributed by atoms with E-state index in [-0.39, 0.29) is 17.6 Å². The van der Waals surface area contributed by atoms with Crippen LogP contribution < -0.4 is 0 Å². The lowest BCUT2D eigenvalue weighted by Gasteiger charge is -2.43. The van der Waals surface area contributed by atoms with Gasteiger partial charge in [-0.2, -0.15) is 0 Å². The molecule has 0 aromatic rings. The summed E-state index contributed by atoms with van der Waals surface area (Å²) in [4.78, 5) is 0. The summed E-state index contributed by atoms with van der Waals surface area (Å²) in [5, 5.41) is 10.6. The van der Waals surface area contributed by atoms with Crippen LogP contribution in [0.1, 0.15) is 113 Å². The van der Waals surface area contributed by atoms with Gasteiger partial charge in [0, 0.05) is 0 Å². The smallest absolute Gasteiger partial charge is 0.189 e. The molecule has 0 aromatic carbocycles. The summed E-state index contributed by atoms with van der Waals surface area (Å²) in [6, 6.07) is 0. The Balaban J connectivity index is 2.00. The molecule has 0 heterocycles. The molecule has 0 bridgehead atoms. The Morgan fingerprint density at radius 3 is 2.25 bits per heavy atom. The van der Waals surface area contributed by atoms with Crippen LogP contribution in [-0.2, 0) is 9.47 Å².